The van der Waals surface area contributed by atoms with Crippen molar-refractivity contribution >= 4 is 5.82 Å². The second-order valence-electron chi connectivity index (χ2n) is 3.20. The van der Waals surface area contributed by atoms with Gasteiger partial charge in [-0.3, -0.25) is 4.68 Å². The summed E-state index contributed by atoms with van der Waals surface area (Å²) < 4.78 is 1.85. The minimum atomic E-state index is 0.570. The summed E-state index contributed by atoms with van der Waals surface area (Å²) in [6.07, 6.45) is 3.62. The molecule has 0 aliphatic heterocycles. The first kappa shape index (κ1) is 8.74. The molecule has 0 atom stereocenters. The summed E-state index contributed by atoms with van der Waals surface area (Å²) >= 11 is 0. The quantitative estimate of drug-likeness (QED) is 0.770. The maximum atomic E-state index is 5.72. The van der Waals surface area contributed by atoms with Crippen LogP contribution in [0.15, 0.2) is 30.6 Å². The van der Waals surface area contributed by atoms with E-state index in [0.717, 1.165) is 11.3 Å². The molecule has 14 heavy (non-hydrogen) atoms. The van der Waals surface area contributed by atoms with Crippen molar-refractivity contribution in [3.05, 3.63) is 41.9 Å². The first-order chi connectivity index (χ1) is 6.75. The van der Waals surface area contributed by atoms with Crippen LogP contribution in [0.5, 0.6) is 0 Å². The molecule has 2 N–H and O–H groups in total. The molecule has 0 aromatic carbocycles. The Morgan fingerprint density at radius 2 is 2.29 bits per heavy atom. The van der Waals surface area contributed by atoms with Crippen molar-refractivity contribution in [1.29, 1.82) is 0 Å². The highest BCUT2D eigenvalue weighted by Crippen LogP contribution is 2.08. The molecule has 2 rings (SSSR count). The highest BCUT2D eigenvalue weighted by molar-refractivity contribution is 5.38. The predicted octanol–water partition coefficient (Wildman–Crippen LogP) is 1.22. The third-order valence-electron chi connectivity index (χ3n) is 2.03. The monoisotopic (exact) mass is 188 g/mol. The van der Waals surface area contributed by atoms with Crippen molar-refractivity contribution in [3.8, 4) is 0 Å². The van der Waals surface area contributed by atoms with Gasteiger partial charge in [0.1, 0.15) is 5.82 Å². The van der Waals surface area contributed by atoms with E-state index in [2.05, 4.69) is 10.1 Å². The standard InChI is InChI=1S/C10H12N4/c1-8-4-6-14(13-8)7-9-3-2-5-12-10(9)11/h2-6H,7H2,1H3,(H2,11,12). The van der Waals surface area contributed by atoms with Crippen molar-refractivity contribution < 1.29 is 0 Å². The third-order valence-corrected chi connectivity index (χ3v) is 2.03. The van der Waals surface area contributed by atoms with Crippen LogP contribution in [0.2, 0.25) is 0 Å². The molecule has 2 aromatic rings. The largest absolute Gasteiger partial charge is 0.383 e. The van der Waals surface area contributed by atoms with Gasteiger partial charge in [0.15, 0.2) is 0 Å². The Labute approximate surface area is 82.4 Å². The molecule has 72 valence electrons. The van der Waals surface area contributed by atoms with Crippen molar-refractivity contribution in [2.24, 2.45) is 0 Å². The molecule has 2 heterocycles. The zero-order chi connectivity index (χ0) is 9.97. The van der Waals surface area contributed by atoms with Crippen LogP contribution >= 0.6 is 0 Å². The molecule has 0 unspecified atom stereocenters. The van der Waals surface area contributed by atoms with E-state index in [1.54, 1.807) is 6.20 Å². The molecule has 0 saturated carbocycles. The fraction of sp³-hybridized carbons (Fsp3) is 0.200. The maximum absolute atomic E-state index is 5.72. The van der Waals surface area contributed by atoms with Crippen LogP contribution in [-0.2, 0) is 6.54 Å². The lowest BCUT2D eigenvalue weighted by atomic mass is 10.2. The van der Waals surface area contributed by atoms with Gasteiger partial charge in [-0.05, 0) is 19.1 Å². The maximum Gasteiger partial charge on any atom is 0.128 e. The van der Waals surface area contributed by atoms with E-state index >= 15 is 0 Å². The van der Waals surface area contributed by atoms with Crippen LogP contribution in [0.3, 0.4) is 0 Å². The van der Waals surface area contributed by atoms with Gasteiger partial charge in [-0.1, -0.05) is 6.07 Å². The van der Waals surface area contributed by atoms with E-state index in [4.69, 9.17) is 5.73 Å². The van der Waals surface area contributed by atoms with Gasteiger partial charge in [-0.15, -0.1) is 0 Å². The molecular formula is C10H12N4. The molecule has 0 aliphatic carbocycles. The predicted molar refractivity (Wildman–Crippen MR) is 54.7 cm³/mol. The van der Waals surface area contributed by atoms with E-state index in [-0.39, 0.29) is 0 Å². The highest BCUT2D eigenvalue weighted by Gasteiger charge is 2.00. The number of anilines is 1. The van der Waals surface area contributed by atoms with Gasteiger partial charge in [0.05, 0.1) is 12.2 Å². The average Bonchev–Trinajstić information content (AvgIpc) is 2.56. The fourth-order valence-corrected chi connectivity index (χ4v) is 1.31. The van der Waals surface area contributed by atoms with Crippen molar-refractivity contribution in [1.82, 2.24) is 14.8 Å². The summed E-state index contributed by atoms with van der Waals surface area (Å²) in [4.78, 5) is 4.02. The Morgan fingerprint density at radius 1 is 1.43 bits per heavy atom. The van der Waals surface area contributed by atoms with Crippen LogP contribution in [0.25, 0.3) is 0 Å². The Balaban J connectivity index is 2.23. The van der Waals surface area contributed by atoms with Crippen LogP contribution in [0.1, 0.15) is 11.3 Å². The molecule has 2 aromatic heterocycles. The summed E-state index contributed by atoms with van der Waals surface area (Å²) in [6.45, 7) is 2.64. The number of rotatable bonds is 2. The van der Waals surface area contributed by atoms with Crippen molar-refractivity contribution in [2.75, 3.05) is 5.73 Å². The summed E-state index contributed by atoms with van der Waals surface area (Å²) in [7, 11) is 0. The van der Waals surface area contributed by atoms with E-state index in [1.807, 2.05) is 36.0 Å². The van der Waals surface area contributed by atoms with Gasteiger partial charge in [0.25, 0.3) is 0 Å². The van der Waals surface area contributed by atoms with Crippen molar-refractivity contribution in [3.63, 3.8) is 0 Å². The highest BCUT2D eigenvalue weighted by atomic mass is 15.3. The lowest BCUT2D eigenvalue weighted by molar-refractivity contribution is 0.679. The third kappa shape index (κ3) is 1.74. The summed E-state index contributed by atoms with van der Waals surface area (Å²) in [5.74, 6) is 0.570. The van der Waals surface area contributed by atoms with Gasteiger partial charge in [0, 0.05) is 18.0 Å². The van der Waals surface area contributed by atoms with Gasteiger partial charge in [-0.25, -0.2) is 4.98 Å². The molecule has 0 fully saturated rings. The zero-order valence-electron chi connectivity index (χ0n) is 8.01. The second-order valence-corrected chi connectivity index (χ2v) is 3.20. The van der Waals surface area contributed by atoms with Gasteiger partial charge < -0.3 is 5.73 Å². The first-order valence-electron chi connectivity index (χ1n) is 4.45. The Hall–Kier alpha value is -1.84. The number of pyridine rings is 1. The molecule has 0 bridgehead atoms. The Morgan fingerprint density at radius 3 is 2.93 bits per heavy atom. The SMILES string of the molecule is Cc1ccn(Cc2cccnc2N)n1. The van der Waals surface area contributed by atoms with E-state index in [1.165, 1.54) is 0 Å². The minimum Gasteiger partial charge on any atom is -0.383 e. The number of aromatic nitrogens is 3. The van der Waals surface area contributed by atoms with Crippen LogP contribution in [0.4, 0.5) is 5.82 Å². The Bertz CT molecular complexity index is 433. The van der Waals surface area contributed by atoms with Crippen LogP contribution < -0.4 is 5.73 Å². The fourth-order valence-electron chi connectivity index (χ4n) is 1.31. The smallest absolute Gasteiger partial charge is 0.128 e. The molecule has 0 amide bonds. The number of nitrogens with two attached hydrogens (primary N) is 1. The number of nitrogen functional groups attached to an aromatic ring is 1. The van der Waals surface area contributed by atoms with Crippen LogP contribution in [-0.4, -0.2) is 14.8 Å². The first-order valence-corrected chi connectivity index (χ1v) is 4.45. The number of aryl methyl sites for hydroxylation is 1. The minimum absolute atomic E-state index is 0.570. The van der Waals surface area contributed by atoms with E-state index in [0.29, 0.717) is 12.4 Å². The number of nitrogens with zero attached hydrogens (tertiary/aromatic N) is 3. The number of hydrogen-bond acceptors (Lipinski definition) is 3. The Kier molecular flexibility index (Phi) is 2.18. The van der Waals surface area contributed by atoms with Crippen LogP contribution in [0, 0.1) is 6.92 Å². The molecular weight excluding hydrogens is 176 g/mol. The topological polar surface area (TPSA) is 56.7 Å². The molecule has 4 nitrogen and oxygen atoms in total. The second kappa shape index (κ2) is 3.49. The lowest BCUT2D eigenvalue weighted by Crippen LogP contribution is -2.04. The molecule has 0 aliphatic rings. The summed E-state index contributed by atoms with van der Waals surface area (Å²) in [6, 6.07) is 5.80. The van der Waals surface area contributed by atoms with Gasteiger partial charge >= 0.3 is 0 Å². The summed E-state index contributed by atoms with van der Waals surface area (Å²) in [5, 5.41) is 4.28. The van der Waals surface area contributed by atoms with E-state index in [9.17, 15) is 0 Å². The van der Waals surface area contributed by atoms with Crippen molar-refractivity contribution in [2.45, 2.75) is 13.5 Å². The van der Waals surface area contributed by atoms with Gasteiger partial charge in [-0.2, -0.15) is 5.10 Å². The van der Waals surface area contributed by atoms with E-state index < -0.39 is 0 Å². The molecule has 0 radical (unpaired) electrons. The van der Waals surface area contributed by atoms with Gasteiger partial charge in [0.2, 0.25) is 0 Å². The lowest BCUT2D eigenvalue weighted by Gasteiger charge is -2.03. The normalized spacial score (nSPS) is 10.4. The zero-order valence-corrected chi connectivity index (χ0v) is 8.01. The average molecular weight is 188 g/mol. The molecule has 0 spiro atoms. The molecule has 4 heteroatoms. The molecule has 0 saturated heterocycles. The summed E-state index contributed by atoms with van der Waals surface area (Å²) in [5.41, 5.74) is 7.73. The number of hydrogen-bond donors (Lipinski definition) is 1.